The Morgan fingerprint density at radius 2 is 0.470 bits per heavy atom. The second kappa shape index (κ2) is 70.3. The van der Waals surface area contributed by atoms with Crippen molar-refractivity contribution in [3.05, 3.63) is 122 Å². The Labute approximate surface area is 513 Å². The number of carbonyl (C=O) groups is 3. The molecule has 0 bridgehead atoms. The maximum absolute atomic E-state index is 12.9. The fraction of sp³-hybridized carbons (Fsp3) is 0.701. The first-order valence-electron chi connectivity index (χ1n) is 35.0. The molecule has 0 saturated carbocycles. The molecule has 0 N–H and O–H groups in total. The van der Waals surface area contributed by atoms with Crippen molar-refractivity contribution >= 4 is 17.9 Å². The molecular weight excluding hydrogens is 1020 g/mol. The molecule has 1 unspecified atom stereocenters. The van der Waals surface area contributed by atoms with Crippen LogP contribution in [-0.2, 0) is 28.6 Å². The van der Waals surface area contributed by atoms with Crippen LogP contribution in [0.5, 0.6) is 0 Å². The van der Waals surface area contributed by atoms with Crippen molar-refractivity contribution in [2.24, 2.45) is 0 Å². The number of rotatable bonds is 63. The summed E-state index contributed by atoms with van der Waals surface area (Å²) in [6.07, 6.45) is 97.8. The van der Waals surface area contributed by atoms with Gasteiger partial charge in [0.15, 0.2) is 6.10 Å². The minimum Gasteiger partial charge on any atom is -0.462 e. The predicted molar refractivity (Wildman–Crippen MR) is 362 cm³/mol. The first kappa shape index (κ1) is 78.8. The molecule has 0 aliphatic heterocycles. The van der Waals surface area contributed by atoms with Crippen molar-refractivity contribution in [1.29, 1.82) is 0 Å². The van der Waals surface area contributed by atoms with E-state index in [0.717, 1.165) is 148 Å². The SMILES string of the molecule is CC/C=C\C/C=C\C/C=C\C/C=C\C/C=C\C/C=C\C/C=C\C/C=C\C/C=C\CCCCCCCC(=O)OCC(COC(=O)CCCCCCCCCCCCCCCCCC)OC(=O)CCCCCCC/C=C\CCCCCCCCC. The van der Waals surface area contributed by atoms with E-state index in [1.165, 1.54) is 141 Å². The maximum atomic E-state index is 12.9. The lowest BCUT2D eigenvalue weighted by Crippen LogP contribution is -2.30. The van der Waals surface area contributed by atoms with Crippen LogP contribution in [0.2, 0.25) is 0 Å². The Morgan fingerprint density at radius 1 is 0.253 bits per heavy atom. The van der Waals surface area contributed by atoms with Crippen LogP contribution in [0.25, 0.3) is 0 Å². The lowest BCUT2D eigenvalue weighted by atomic mass is 10.0. The molecule has 0 aromatic heterocycles. The molecule has 474 valence electrons. The van der Waals surface area contributed by atoms with Crippen LogP contribution >= 0.6 is 0 Å². The highest BCUT2D eigenvalue weighted by Crippen LogP contribution is 2.16. The van der Waals surface area contributed by atoms with Crippen molar-refractivity contribution in [1.82, 2.24) is 0 Å². The van der Waals surface area contributed by atoms with Gasteiger partial charge in [-0.15, -0.1) is 0 Å². The monoisotopic (exact) mass is 1150 g/mol. The van der Waals surface area contributed by atoms with Crippen LogP contribution in [0.3, 0.4) is 0 Å². The van der Waals surface area contributed by atoms with E-state index >= 15 is 0 Å². The fourth-order valence-corrected chi connectivity index (χ4v) is 9.73. The Bertz CT molecular complexity index is 1700. The van der Waals surface area contributed by atoms with Crippen LogP contribution < -0.4 is 0 Å². The molecule has 0 aliphatic carbocycles. The standard InChI is InChI=1S/C77H130O6/c1-4-7-10-13-16-19-22-25-28-31-32-33-34-35-36-37-38-39-40-41-42-43-44-45-46-47-50-52-55-58-61-64-67-70-76(79)82-73-74(83-77(80)71-68-65-62-59-56-53-49-30-27-24-21-18-15-12-9-6-3)72-81-75(78)69-66-63-60-57-54-51-48-29-26-23-20-17-14-11-8-5-2/h7,10,16,19,25,28,30,32-33,35-36,38-39,41-42,44-45,47,49-50,74H,4-6,8-9,11-15,17-18,20-24,26-27,29,31,34,37,40,43,46,48,51-73H2,1-3H3/b10-7-,19-16-,28-25-,33-32-,36-35-,39-38-,42-41-,45-44-,49-30-,50-47-. The Hall–Kier alpha value is -4.19. The van der Waals surface area contributed by atoms with Crippen LogP contribution in [0.4, 0.5) is 0 Å². The summed E-state index contributed by atoms with van der Waals surface area (Å²) in [5.41, 5.74) is 0. The van der Waals surface area contributed by atoms with Gasteiger partial charge in [0.05, 0.1) is 0 Å². The number of hydrogen-bond acceptors (Lipinski definition) is 6. The summed E-state index contributed by atoms with van der Waals surface area (Å²) >= 11 is 0. The van der Waals surface area contributed by atoms with Crippen molar-refractivity contribution in [3.63, 3.8) is 0 Å². The van der Waals surface area contributed by atoms with Crippen LogP contribution in [0.1, 0.15) is 329 Å². The zero-order valence-electron chi connectivity index (χ0n) is 54.4. The van der Waals surface area contributed by atoms with Gasteiger partial charge in [0.1, 0.15) is 13.2 Å². The summed E-state index contributed by atoms with van der Waals surface area (Å²) in [5, 5.41) is 0. The summed E-state index contributed by atoms with van der Waals surface area (Å²) in [7, 11) is 0. The Morgan fingerprint density at radius 3 is 0.747 bits per heavy atom. The molecule has 0 aromatic rings. The Kier molecular flexibility index (Phi) is 66.7. The van der Waals surface area contributed by atoms with Gasteiger partial charge >= 0.3 is 17.9 Å². The molecule has 0 spiro atoms. The molecule has 0 aliphatic rings. The first-order chi connectivity index (χ1) is 41.0. The number of esters is 3. The highest BCUT2D eigenvalue weighted by Gasteiger charge is 2.19. The molecule has 83 heavy (non-hydrogen) atoms. The zero-order chi connectivity index (χ0) is 59.9. The summed E-state index contributed by atoms with van der Waals surface area (Å²) < 4.78 is 16.9. The van der Waals surface area contributed by atoms with Gasteiger partial charge in [-0.05, 0) is 116 Å². The highest BCUT2D eigenvalue weighted by molar-refractivity contribution is 5.71. The largest absolute Gasteiger partial charge is 0.462 e. The zero-order valence-corrected chi connectivity index (χ0v) is 54.4. The van der Waals surface area contributed by atoms with E-state index in [0.29, 0.717) is 19.3 Å². The number of allylic oxidation sites excluding steroid dienone is 20. The normalized spacial score (nSPS) is 12.9. The second-order valence-electron chi connectivity index (χ2n) is 23.1. The maximum Gasteiger partial charge on any atom is 0.306 e. The third-order valence-corrected chi connectivity index (χ3v) is 15.0. The van der Waals surface area contributed by atoms with Crippen molar-refractivity contribution in [2.75, 3.05) is 13.2 Å². The molecule has 6 nitrogen and oxygen atoms in total. The summed E-state index contributed by atoms with van der Waals surface area (Å²) in [6.45, 7) is 6.53. The number of ether oxygens (including phenoxy) is 3. The van der Waals surface area contributed by atoms with Gasteiger partial charge in [-0.3, -0.25) is 14.4 Å². The van der Waals surface area contributed by atoms with E-state index in [-0.39, 0.29) is 31.1 Å². The minimum atomic E-state index is -0.793. The molecular formula is C77H130O6. The molecule has 0 rings (SSSR count). The predicted octanol–water partition coefficient (Wildman–Crippen LogP) is 24.3. The van der Waals surface area contributed by atoms with Gasteiger partial charge in [-0.2, -0.15) is 0 Å². The minimum absolute atomic E-state index is 0.0857. The van der Waals surface area contributed by atoms with Crippen LogP contribution in [0.15, 0.2) is 122 Å². The van der Waals surface area contributed by atoms with E-state index in [1.54, 1.807) is 0 Å². The van der Waals surface area contributed by atoms with Gasteiger partial charge in [-0.1, -0.05) is 316 Å². The molecule has 6 heteroatoms. The quantitative estimate of drug-likeness (QED) is 0.0261. The third-order valence-electron chi connectivity index (χ3n) is 15.0. The van der Waals surface area contributed by atoms with Gasteiger partial charge < -0.3 is 14.2 Å². The van der Waals surface area contributed by atoms with Crippen molar-refractivity contribution in [2.45, 2.75) is 335 Å². The third kappa shape index (κ3) is 68.5. The number of unbranched alkanes of at least 4 members (excludes halogenated alkanes) is 32. The van der Waals surface area contributed by atoms with Gasteiger partial charge in [-0.25, -0.2) is 0 Å². The molecule has 0 radical (unpaired) electrons. The summed E-state index contributed by atoms with van der Waals surface area (Å²) in [6, 6.07) is 0. The van der Waals surface area contributed by atoms with Gasteiger partial charge in [0.25, 0.3) is 0 Å². The van der Waals surface area contributed by atoms with E-state index < -0.39 is 6.10 Å². The average Bonchev–Trinajstić information content (AvgIpc) is 3.49. The molecule has 0 saturated heterocycles. The molecule has 1 atom stereocenters. The first-order valence-corrected chi connectivity index (χ1v) is 35.0. The molecule has 0 aromatic carbocycles. The second-order valence-corrected chi connectivity index (χ2v) is 23.1. The topological polar surface area (TPSA) is 78.9 Å². The van der Waals surface area contributed by atoms with E-state index in [9.17, 15) is 14.4 Å². The van der Waals surface area contributed by atoms with E-state index in [2.05, 4.69) is 142 Å². The van der Waals surface area contributed by atoms with Crippen molar-refractivity contribution < 1.29 is 28.6 Å². The fourth-order valence-electron chi connectivity index (χ4n) is 9.73. The molecule has 0 amide bonds. The van der Waals surface area contributed by atoms with Gasteiger partial charge in [0, 0.05) is 19.3 Å². The Balaban J connectivity index is 4.35. The number of carbonyl (C=O) groups excluding carboxylic acids is 3. The van der Waals surface area contributed by atoms with Crippen LogP contribution in [-0.4, -0.2) is 37.2 Å². The van der Waals surface area contributed by atoms with Crippen molar-refractivity contribution in [3.8, 4) is 0 Å². The van der Waals surface area contributed by atoms with E-state index in [1.807, 2.05) is 0 Å². The van der Waals surface area contributed by atoms with E-state index in [4.69, 9.17) is 14.2 Å². The lowest BCUT2D eigenvalue weighted by Gasteiger charge is -2.18. The van der Waals surface area contributed by atoms with Crippen LogP contribution in [0, 0.1) is 0 Å². The lowest BCUT2D eigenvalue weighted by molar-refractivity contribution is -0.167. The molecule has 0 fully saturated rings. The smallest absolute Gasteiger partial charge is 0.306 e. The summed E-state index contributed by atoms with van der Waals surface area (Å²) in [4.78, 5) is 38.4. The number of hydrogen-bond donors (Lipinski definition) is 0. The summed E-state index contributed by atoms with van der Waals surface area (Å²) in [5.74, 6) is -0.902. The highest BCUT2D eigenvalue weighted by atomic mass is 16.6. The average molecular weight is 1150 g/mol. The van der Waals surface area contributed by atoms with Gasteiger partial charge in [0.2, 0.25) is 0 Å². The molecule has 0 heterocycles.